The van der Waals surface area contributed by atoms with Gasteiger partial charge in [0.1, 0.15) is 0 Å². The Labute approximate surface area is 91.4 Å². The first kappa shape index (κ1) is 11.5. The van der Waals surface area contributed by atoms with Crippen LogP contribution < -0.4 is 5.32 Å². The number of piperazine rings is 1. The summed E-state index contributed by atoms with van der Waals surface area (Å²) in [6, 6.07) is -0.118. The maximum absolute atomic E-state index is 12.0. The average Bonchev–Trinajstić information content (AvgIpc) is 2.44. The highest BCUT2D eigenvalue weighted by Gasteiger charge is 2.51. The van der Waals surface area contributed by atoms with Crippen LogP contribution in [0.4, 0.5) is 13.6 Å². The second-order valence-electron chi connectivity index (χ2n) is 4.27. The predicted octanol–water partition coefficient (Wildman–Crippen LogP) is 0.710. The molecule has 2 bridgehead atoms. The minimum Gasteiger partial charge on any atom is -0.465 e. The molecule has 0 spiro atoms. The van der Waals surface area contributed by atoms with E-state index < -0.39 is 18.2 Å². The Kier molecular flexibility index (Phi) is 2.98. The summed E-state index contributed by atoms with van der Waals surface area (Å²) in [6.45, 7) is -2.14. The summed E-state index contributed by atoms with van der Waals surface area (Å²) in [5.41, 5.74) is -0.814. The number of hydrogen-bond acceptors (Lipinski definition) is 3. The van der Waals surface area contributed by atoms with Crippen LogP contribution in [0.3, 0.4) is 0 Å². The quantitative estimate of drug-likeness (QED) is 0.757. The number of nitrogens with one attached hydrogen (secondary N) is 1. The molecule has 0 unspecified atom stereocenters. The zero-order valence-corrected chi connectivity index (χ0v) is 8.66. The molecule has 2 fully saturated rings. The summed E-state index contributed by atoms with van der Waals surface area (Å²) >= 11 is 0. The van der Waals surface area contributed by atoms with Gasteiger partial charge in [-0.3, -0.25) is 4.90 Å². The Bertz CT molecular complexity index is 286. The van der Waals surface area contributed by atoms with Crippen LogP contribution in [-0.4, -0.2) is 54.0 Å². The van der Waals surface area contributed by atoms with Gasteiger partial charge in [-0.15, -0.1) is 0 Å². The first-order valence-corrected chi connectivity index (χ1v) is 5.18. The molecular formula is C9H14F2N2O3. The van der Waals surface area contributed by atoms with Crippen molar-refractivity contribution in [3.05, 3.63) is 0 Å². The summed E-state index contributed by atoms with van der Waals surface area (Å²) in [5, 5.41) is 12.2. The first-order valence-electron chi connectivity index (χ1n) is 5.18. The van der Waals surface area contributed by atoms with Gasteiger partial charge in [-0.1, -0.05) is 0 Å². The summed E-state index contributed by atoms with van der Waals surface area (Å²) in [4.78, 5) is 12.4. The topological polar surface area (TPSA) is 61.8 Å². The minimum atomic E-state index is -2.86. The fraction of sp³-hybridized carbons (Fsp3) is 0.889. The van der Waals surface area contributed by atoms with E-state index in [0.717, 1.165) is 0 Å². The SMILES string of the molecule is O=C(O)N1[C@H]2CC[C@]1(COC(F)F)CNC2. The zero-order valence-electron chi connectivity index (χ0n) is 8.66. The Morgan fingerprint density at radius 1 is 1.69 bits per heavy atom. The summed E-state index contributed by atoms with van der Waals surface area (Å²) in [7, 11) is 0. The van der Waals surface area contributed by atoms with Crippen LogP contribution in [-0.2, 0) is 4.74 Å². The number of carbonyl (C=O) groups is 1. The second-order valence-corrected chi connectivity index (χ2v) is 4.27. The molecule has 2 aliphatic rings. The Morgan fingerprint density at radius 2 is 2.44 bits per heavy atom. The molecule has 2 atom stereocenters. The van der Waals surface area contributed by atoms with Crippen LogP contribution >= 0.6 is 0 Å². The van der Waals surface area contributed by atoms with Crippen LogP contribution in [0, 0.1) is 0 Å². The maximum Gasteiger partial charge on any atom is 0.408 e. The fourth-order valence-electron chi connectivity index (χ4n) is 2.68. The molecule has 1 amide bonds. The molecule has 5 nitrogen and oxygen atoms in total. The summed E-state index contributed by atoms with van der Waals surface area (Å²) in [5.74, 6) is 0. The monoisotopic (exact) mass is 236 g/mol. The van der Waals surface area contributed by atoms with Gasteiger partial charge in [0.25, 0.3) is 0 Å². The lowest BCUT2D eigenvalue weighted by molar-refractivity contribution is -0.154. The molecule has 0 aromatic carbocycles. The number of nitrogens with zero attached hydrogens (tertiary/aromatic N) is 1. The number of halogens is 2. The molecule has 2 N–H and O–H groups in total. The van der Waals surface area contributed by atoms with E-state index in [2.05, 4.69) is 10.1 Å². The Balaban J connectivity index is 2.12. The molecule has 2 aliphatic heterocycles. The molecule has 0 aromatic rings. The van der Waals surface area contributed by atoms with Crippen LogP contribution in [0.2, 0.25) is 0 Å². The number of hydrogen-bond donors (Lipinski definition) is 2. The molecule has 2 saturated heterocycles. The molecular weight excluding hydrogens is 222 g/mol. The third kappa shape index (κ3) is 1.84. The van der Waals surface area contributed by atoms with E-state index >= 15 is 0 Å². The van der Waals surface area contributed by atoms with Crippen molar-refractivity contribution in [3.8, 4) is 0 Å². The summed E-state index contributed by atoms with van der Waals surface area (Å²) in [6.07, 6.45) is 0.220. The lowest BCUT2D eigenvalue weighted by Crippen LogP contribution is -2.64. The molecule has 2 rings (SSSR count). The number of carboxylic acid groups (broad SMARTS) is 1. The molecule has 0 saturated carbocycles. The van der Waals surface area contributed by atoms with Gasteiger partial charge in [0.05, 0.1) is 12.1 Å². The molecule has 0 radical (unpaired) electrons. The smallest absolute Gasteiger partial charge is 0.408 e. The highest BCUT2D eigenvalue weighted by Crippen LogP contribution is 2.36. The Hall–Kier alpha value is -0.950. The third-order valence-corrected chi connectivity index (χ3v) is 3.34. The molecule has 16 heavy (non-hydrogen) atoms. The van der Waals surface area contributed by atoms with E-state index in [1.54, 1.807) is 0 Å². The molecule has 2 heterocycles. The Morgan fingerprint density at radius 3 is 3.06 bits per heavy atom. The second kappa shape index (κ2) is 4.14. The van der Waals surface area contributed by atoms with Crippen LogP contribution in [0.15, 0.2) is 0 Å². The first-order chi connectivity index (χ1) is 7.55. The van der Waals surface area contributed by atoms with Crippen molar-refractivity contribution in [1.29, 1.82) is 0 Å². The zero-order chi connectivity index (χ0) is 11.8. The van der Waals surface area contributed by atoms with Crippen LogP contribution in [0.25, 0.3) is 0 Å². The van der Waals surface area contributed by atoms with Crippen molar-refractivity contribution < 1.29 is 23.4 Å². The predicted molar refractivity (Wildman–Crippen MR) is 50.4 cm³/mol. The highest BCUT2D eigenvalue weighted by atomic mass is 19.3. The lowest BCUT2D eigenvalue weighted by atomic mass is 9.97. The van der Waals surface area contributed by atoms with Crippen molar-refractivity contribution in [2.45, 2.75) is 31.0 Å². The number of fused-ring (bicyclic) bond motifs is 2. The number of rotatable bonds is 3. The van der Waals surface area contributed by atoms with E-state index in [4.69, 9.17) is 5.11 Å². The standard InChI is InChI=1S/C9H14F2N2O3/c10-7(11)16-5-9-2-1-6(3-12-4-9)13(9)8(14)15/h6-7,12H,1-5H2,(H,14,15)/t6-,9+/m0/s1. The van der Waals surface area contributed by atoms with E-state index in [9.17, 15) is 13.6 Å². The van der Waals surface area contributed by atoms with Crippen LogP contribution in [0.1, 0.15) is 12.8 Å². The van der Waals surface area contributed by atoms with Gasteiger partial charge >= 0.3 is 12.7 Å². The molecule has 0 aromatic heterocycles. The van der Waals surface area contributed by atoms with Gasteiger partial charge in [0, 0.05) is 19.1 Å². The van der Waals surface area contributed by atoms with Crippen molar-refractivity contribution in [3.63, 3.8) is 0 Å². The number of alkyl halides is 2. The van der Waals surface area contributed by atoms with E-state index in [1.165, 1.54) is 4.90 Å². The molecule has 92 valence electrons. The van der Waals surface area contributed by atoms with Crippen molar-refractivity contribution in [2.75, 3.05) is 19.7 Å². The van der Waals surface area contributed by atoms with Crippen LogP contribution in [0.5, 0.6) is 0 Å². The van der Waals surface area contributed by atoms with Crippen molar-refractivity contribution >= 4 is 6.09 Å². The van der Waals surface area contributed by atoms with E-state index in [1.807, 2.05) is 0 Å². The third-order valence-electron chi connectivity index (χ3n) is 3.34. The van der Waals surface area contributed by atoms with Gasteiger partial charge in [0.2, 0.25) is 0 Å². The lowest BCUT2D eigenvalue weighted by Gasteiger charge is -2.43. The molecule has 7 heteroatoms. The number of amides is 1. The van der Waals surface area contributed by atoms with Crippen molar-refractivity contribution in [1.82, 2.24) is 10.2 Å². The highest BCUT2D eigenvalue weighted by molar-refractivity contribution is 5.67. The average molecular weight is 236 g/mol. The summed E-state index contributed by atoms with van der Waals surface area (Å²) < 4.78 is 28.4. The van der Waals surface area contributed by atoms with Gasteiger partial charge in [-0.05, 0) is 12.8 Å². The van der Waals surface area contributed by atoms with Gasteiger partial charge in [-0.25, -0.2) is 4.79 Å². The maximum atomic E-state index is 12.0. The number of ether oxygens (including phenoxy) is 1. The van der Waals surface area contributed by atoms with Gasteiger partial charge < -0.3 is 15.2 Å². The minimum absolute atomic E-state index is 0.118. The van der Waals surface area contributed by atoms with Gasteiger partial charge in [0.15, 0.2) is 0 Å². The van der Waals surface area contributed by atoms with E-state index in [0.29, 0.717) is 25.9 Å². The normalized spacial score (nSPS) is 33.4. The fourth-order valence-corrected chi connectivity index (χ4v) is 2.68. The van der Waals surface area contributed by atoms with Gasteiger partial charge in [-0.2, -0.15) is 8.78 Å². The molecule has 0 aliphatic carbocycles. The van der Waals surface area contributed by atoms with E-state index in [-0.39, 0.29) is 12.6 Å². The largest absolute Gasteiger partial charge is 0.465 e. The van der Waals surface area contributed by atoms with Crippen molar-refractivity contribution in [2.24, 2.45) is 0 Å².